The fourth-order valence-corrected chi connectivity index (χ4v) is 4.96. The fraction of sp³-hybridized carbons (Fsp3) is 0.259. The summed E-state index contributed by atoms with van der Waals surface area (Å²) in [6.07, 6.45) is 2.51. The highest BCUT2D eigenvalue weighted by Gasteiger charge is 2.27. The third-order valence-electron chi connectivity index (χ3n) is 6.81. The zero-order valence-corrected chi connectivity index (χ0v) is 19.6. The zero-order valence-electron chi connectivity index (χ0n) is 19.6. The van der Waals surface area contributed by atoms with Crippen molar-refractivity contribution in [1.29, 1.82) is 0 Å². The number of aliphatic hydroxyl groups is 1. The second-order valence-corrected chi connectivity index (χ2v) is 9.01. The van der Waals surface area contributed by atoms with Crippen LogP contribution < -0.4 is 4.74 Å². The van der Waals surface area contributed by atoms with Gasteiger partial charge in [-0.1, -0.05) is 18.2 Å². The molecule has 0 spiro atoms. The van der Waals surface area contributed by atoms with E-state index in [4.69, 9.17) is 9.72 Å². The van der Waals surface area contributed by atoms with Gasteiger partial charge in [-0.2, -0.15) is 0 Å². The molecule has 0 atom stereocenters. The van der Waals surface area contributed by atoms with Gasteiger partial charge < -0.3 is 19.7 Å². The summed E-state index contributed by atoms with van der Waals surface area (Å²) in [5, 5.41) is 12.6. The molecule has 8 nitrogen and oxygen atoms in total. The van der Waals surface area contributed by atoms with Crippen LogP contribution in [0.2, 0.25) is 0 Å². The first-order valence-corrected chi connectivity index (χ1v) is 11.7. The van der Waals surface area contributed by atoms with Crippen molar-refractivity contribution in [2.75, 3.05) is 20.2 Å². The Hall–Kier alpha value is -4.04. The van der Waals surface area contributed by atoms with Crippen LogP contribution in [0.15, 0.2) is 48.7 Å². The molecule has 0 aliphatic carbocycles. The van der Waals surface area contributed by atoms with E-state index in [0.717, 1.165) is 44.1 Å². The number of hydrogen-bond donors (Lipinski definition) is 2. The largest absolute Gasteiger partial charge is 0.496 e. The number of fused-ring (bicyclic) bond motifs is 4. The second-order valence-electron chi connectivity index (χ2n) is 9.01. The van der Waals surface area contributed by atoms with Crippen LogP contribution in [0.5, 0.6) is 5.75 Å². The number of nitrogens with zero attached hydrogens (tertiary/aromatic N) is 4. The zero-order chi connectivity index (χ0) is 24.1. The Bertz CT molecular complexity index is 1600. The maximum atomic E-state index is 13.4. The highest BCUT2D eigenvalue weighted by Crippen LogP contribution is 2.38. The maximum absolute atomic E-state index is 13.4. The molecule has 0 unspecified atom stereocenters. The molecule has 6 rings (SSSR count). The van der Waals surface area contributed by atoms with E-state index in [1.54, 1.807) is 18.2 Å². The van der Waals surface area contributed by atoms with Crippen LogP contribution in [0.3, 0.4) is 0 Å². The highest BCUT2D eigenvalue weighted by atomic mass is 16.5. The quantitative estimate of drug-likeness (QED) is 0.411. The van der Waals surface area contributed by atoms with Crippen molar-refractivity contribution in [2.45, 2.75) is 25.9 Å². The molecule has 0 bridgehead atoms. The third kappa shape index (κ3) is 3.57. The lowest BCUT2D eigenvalue weighted by atomic mass is 10.0. The number of likely N-dealkylation sites (tertiary alicyclic amines) is 1. The van der Waals surface area contributed by atoms with E-state index in [9.17, 15) is 9.90 Å². The van der Waals surface area contributed by atoms with Crippen LogP contribution in [0.25, 0.3) is 44.1 Å². The molecular formula is C27H25N5O3. The van der Waals surface area contributed by atoms with Gasteiger partial charge in [0.05, 0.1) is 29.8 Å². The van der Waals surface area contributed by atoms with E-state index in [0.29, 0.717) is 37.3 Å². The van der Waals surface area contributed by atoms with Crippen molar-refractivity contribution in [1.82, 2.24) is 24.8 Å². The summed E-state index contributed by atoms with van der Waals surface area (Å²) < 4.78 is 5.59. The molecule has 8 heteroatoms. The smallest absolute Gasteiger partial charge is 0.291 e. The van der Waals surface area contributed by atoms with Gasteiger partial charge in [0.2, 0.25) is 5.82 Å². The number of aliphatic hydroxyl groups excluding tert-OH is 1. The number of piperidine rings is 1. The van der Waals surface area contributed by atoms with E-state index >= 15 is 0 Å². The highest BCUT2D eigenvalue weighted by molar-refractivity contribution is 6.15. The number of amides is 1. The van der Waals surface area contributed by atoms with Gasteiger partial charge in [0.15, 0.2) is 0 Å². The van der Waals surface area contributed by atoms with Gasteiger partial charge in [0.25, 0.3) is 5.91 Å². The number of rotatable bonds is 3. The Morgan fingerprint density at radius 1 is 1.11 bits per heavy atom. The van der Waals surface area contributed by atoms with Gasteiger partial charge in [-0.25, -0.2) is 9.97 Å². The monoisotopic (exact) mass is 467 g/mol. The van der Waals surface area contributed by atoms with Gasteiger partial charge in [-0.15, -0.1) is 0 Å². The number of methoxy groups -OCH3 is 1. The summed E-state index contributed by atoms with van der Waals surface area (Å²) in [4.78, 5) is 32.6. The van der Waals surface area contributed by atoms with E-state index in [1.165, 1.54) is 0 Å². The summed E-state index contributed by atoms with van der Waals surface area (Å²) in [5.41, 5.74) is 4.90. The lowest BCUT2D eigenvalue weighted by Crippen LogP contribution is -2.40. The van der Waals surface area contributed by atoms with E-state index in [1.807, 2.05) is 49.4 Å². The number of para-hydroxylation sites is 1. The van der Waals surface area contributed by atoms with E-state index in [2.05, 4.69) is 15.0 Å². The Kier molecular flexibility index (Phi) is 5.11. The summed E-state index contributed by atoms with van der Waals surface area (Å²) in [5.74, 6) is 0.682. The standard InChI is InChI=1S/C27H25N5O3/c1-15-13-21-19(14-22(15)35-2)23-24(18-7-10-28-20-6-4-3-5-17(18)20)30-26(31-25(23)29-21)27(34)32-11-8-16(33)9-12-32/h3-7,10,13-14,16,33H,8-9,11-12H2,1-2H3,(H,29,30,31). The van der Waals surface area contributed by atoms with Gasteiger partial charge in [0, 0.05) is 41.1 Å². The Morgan fingerprint density at radius 2 is 1.91 bits per heavy atom. The molecule has 4 heterocycles. The Morgan fingerprint density at radius 3 is 2.71 bits per heavy atom. The molecule has 2 N–H and O–H groups in total. The number of carbonyl (C=O) groups excluding carboxylic acids is 1. The van der Waals surface area contributed by atoms with Crippen LogP contribution in [0.4, 0.5) is 0 Å². The number of ether oxygens (including phenoxy) is 1. The first-order chi connectivity index (χ1) is 17.0. The molecule has 176 valence electrons. The van der Waals surface area contributed by atoms with Crippen molar-refractivity contribution in [2.24, 2.45) is 0 Å². The SMILES string of the molecule is COc1cc2c(cc1C)[nH]c1nc(C(=O)N3CCC(O)CC3)nc(-c3ccnc4ccccc34)c12. The molecule has 2 aromatic carbocycles. The number of carbonyl (C=O) groups is 1. The average Bonchev–Trinajstić information content (AvgIpc) is 3.24. The number of H-pyrrole nitrogens is 1. The van der Waals surface area contributed by atoms with Crippen LogP contribution in [-0.4, -0.2) is 62.2 Å². The first-order valence-electron chi connectivity index (χ1n) is 11.7. The minimum atomic E-state index is -0.367. The second kappa shape index (κ2) is 8.32. The van der Waals surface area contributed by atoms with Gasteiger partial charge in [-0.05, 0) is 49.6 Å². The van der Waals surface area contributed by atoms with Crippen molar-refractivity contribution in [3.63, 3.8) is 0 Å². The molecule has 0 saturated carbocycles. The average molecular weight is 468 g/mol. The van der Waals surface area contributed by atoms with Crippen molar-refractivity contribution in [3.8, 4) is 17.0 Å². The number of aromatic nitrogens is 4. The molecular weight excluding hydrogens is 442 g/mol. The number of aromatic amines is 1. The normalized spacial score (nSPS) is 14.8. The molecule has 35 heavy (non-hydrogen) atoms. The third-order valence-corrected chi connectivity index (χ3v) is 6.81. The molecule has 1 fully saturated rings. The molecule has 1 aliphatic heterocycles. The maximum Gasteiger partial charge on any atom is 0.291 e. The Labute approximate surface area is 201 Å². The molecule has 1 amide bonds. The number of aryl methyl sites for hydroxylation is 1. The van der Waals surface area contributed by atoms with Gasteiger partial charge in [-0.3, -0.25) is 9.78 Å². The first kappa shape index (κ1) is 21.5. The lowest BCUT2D eigenvalue weighted by Gasteiger charge is -2.29. The Balaban J connectivity index is 1.63. The van der Waals surface area contributed by atoms with Crippen LogP contribution in [0.1, 0.15) is 29.0 Å². The number of benzene rings is 2. The minimum absolute atomic E-state index is 0.139. The lowest BCUT2D eigenvalue weighted by molar-refractivity contribution is 0.0536. The van der Waals surface area contributed by atoms with Gasteiger partial charge in [0.1, 0.15) is 11.4 Å². The fourth-order valence-electron chi connectivity index (χ4n) is 4.96. The minimum Gasteiger partial charge on any atom is -0.496 e. The van der Waals surface area contributed by atoms with Crippen LogP contribution in [-0.2, 0) is 0 Å². The number of nitrogens with one attached hydrogen (secondary N) is 1. The molecule has 5 aromatic rings. The van der Waals surface area contributed by atoms with Crippen LogP contribution in [0, 0.1) is 6.92 Å². The summed E-state index contributed by atoms with van der Waals surface area (Å²) in [6.45, 7) is 2.96. The summed E-state index contributed by atoms with van der Waals surface area (Å²) in [7, 11) is 1.66. The van der Waals surface area contributed by atoms with Crippen molar-refractivity contribution in [3.05, 3.63) is 60.0 Å². The van der Waals surface area contributed by atoms with Crippen molar-refractivity contribution >= 4 is 38.7 Å². The topological polar surface area (TPSA) is 104 Å². The molecule has 1 aliphatic rings. The van der Waals surface area contributed by atoms with Gasteiger partial charge >= 0.3 is 0 Å². The predicted molar refractivity (Wildman–Crippen MR) is 135 cm³/mol. The van der Waals surface area contributed by atoms with Crippen LogP contribution >= 0.6 is 0 Å². The summed E-state index contributed by atoms with van der Waals surface area (Å²) in [6, 6.07) is 13.8. The number of hydrogen-bond acceptors (Lipinski definition) is 6. The predicted octanol–water partition coefficient (Wildman–Crippen LogP) is 4.24. The molecule has 0 radical (unpaired) electrons. The number of pyridine rings is 1. The summed E-state index contributed by atoms with van der Waals surface area (Å²) >= 11 is 0. The molecule has 1 saturated heterocycles. The van der Waals surface area contributed by atoms with E-state index in [-0.39, 0.29) is 17.8 Å². The van der Waals surface area contributed by atoms with Crippen molar-refractivity contribution < 1.29 is 14.6 Å². The molecule has 3 aromatic heterocycles. The van der Waals surface area contributed by atoms with E-state index < -0.39 is 0 Å².